The van der Waals surface area contributed by atoms with Crippen molar-refractivity contribution in [2.75, 3.05) is 5.73 Å². The molecule has 0 saturated heterocycles. The first-order valence-corrected chi connectivity index (χ1v) is 5.20. The molecule has 90 valence electrons. The first kappa shape index (κ1) is 11.6. The zero-order valence-electron chi connectivity index (χ0n) is 9.50. The van der Waals surface area contributed by atoms with Gasteiger partial charge in [-0.15, -0.1) is 0 Å². The van der Waals surface area contributed by atoms with Crippen LogP contribution in [0.1, 0.15) is 25.5 Å². The number of benzene rings is 1. The lowest BCUT2D eigenvalue weighted by Gasteiger charge is -2.05. The molecule has 0 fully saturated rings. The Balaban J connectivity index is 2.63. The topological polar surface area (TPSA) is 52.0 Å². The molecular weight excluding hydrogens is 226 g/mol. The second-order valence-corrected chi connectivity index (χ2v) is 4.12. The van der Waals surface area contributed by atoms with Gasteiger partial charge in [0.15, 0.2) is 5.82 Å². The van der Waals surface area contributed by atoms with E-state index >= 15 is 0 Å². The van der Waals surface area contributed by atoms with Gasteiger partial charge in [0.25, 0.3) is 0 Å². The van der Waals surface area contributed by atoms with Gasteiger partial charge < -0.3 is 10.3 Å². The van der Waals surface area contributed by atoms with Gasteiger partial charge in [0.2, 0.25) is 0 Å². The quantitative estimate of drug-likeness (QED) is 0.873. The smallest absolute Gasteiger partial charge is 0.175 e. The van der Waals surface area contributed by atoms with Gasteiger partial charge in [0, 0.05) is 12.0 Å². The molecule has 0 radical (unpaired) electrons. The molecule has 0 bridgehead atoms. The molecule has 0 aliphatic heterocycles. The fourth-order valence-corrected chi connectivity index (χ4v) is 1.70. The molecule has 3 nitrogen and oxygen atoms in total. The first-order chi connectivity index (χ1) is 7.99. The summed E-state index contributed by atoms with van der Waals surface area (Å²) < 4.78 is 31.4. The van der Waals surface area contributed by atoms with Crippen LogP contribution in [-0.4, -0.2) is 5.16 Å². The Hall–Kier alpha value is -1.91. The second kappa shape index (κ2) is 4.16. The van der Waals surface area contributed by atoms with Gasteiger partial charge in [-0.05, 0) is 17.7 Å². The van der Waals surface area contributed by atoms with E-state index in [2.05, 4.69) is 5.16 Å². The Morgan fingerprint density at radius 1 is 1.18 bits per heavy atom. The zero-order chi connectivity index (χ0) is 12.6. The van der Waals surface area contributed by atoms with Crippen LogP contribution in [0, 0.1) is 11.6 Å². The molecule has 0 unspecified atom stereocenters. The summed E-state index contributed by atoms with van der Waals surface area (Å²) >= 11 is 0. The Bertz CT molecular complexity index is 529. The first-order valence-electron chi connectivity index (χ1n) is 5.20. The predicted octanol–water partition coefficient (Wildman–Crippen LogP) is 3.33. The van der Waals surface area contributed by atoms with Crippen LogP contribution in [0.4, 0.5) is 14.6 Å². The Labute approximate surface area is 97.2 Å². The standard InChI is InChI=1S/C12H12F2N2O/c1-6(2)11-10(12(15)16-17-11)7-3-8(13)5-9(14)4-7/h3-6H,1-2H3,(H2,15,16). The minimum absolute atomic E-state index is 0.0288. The van der Waals surface area contributed by atoms with Crippen molar-refractivity contribution in [3.63, 3.8) is 0 Å². The third kappa shape index (κ3) is 2.13. The highest BCUT2D eigenvalue weighted by Gasteiger charge is 2.19. The third-order valence-electron chi connectivity index (χ3n) is 2.42. The van der Waals surface area contributed by atoms with Crippen LogP contribution in [0.25, 0.3) is 11.1 Å². The molecule has 0 aliphatic rings. The lowest BCUT2D eigenvalue weighted by atomic mass is 10.00. The molecular formula is C12H12F2N2O. The van der Waals surface area contributed by atoms with E-state index in [9.17, 15) is 8.78 Å². The average Bonchev–Trinajstić information content (AvgIpc) is 2.58. The number of hydrogen-bond donors (Lipinski definition) is 1. The van der Waals surface area contributed by atoms with E-state index in [4.69, 9.17) is 10.3 Å². The fraction of sp³-hybridized carbons (Fsp3) is 0.250. The number of nitrogens with two attached hydrogens (primary N) is 1. The lowest BCUT2D eigenvalue weighted by Crippen LogP contribution is -1.93. The highest BCUT2D eigenvalue weighted by molar-refractivity contribution is 5.75. The van der Waals surface area contributed by atoms with Crippen molar-refractivity contribution in [2.45, 2.75) is 19.8 Å². The van der Waals surface area contributed by atoms with Gasteiger partial charge in [-0.2, -0.15) is 0 Å². The number of anilines is 1. The van der Waals surface area contributed by atoms with Crippen LogP contribution < -0.4 is 5.73 Å². The number of rotatable bonds is 2. The van der Waals surface area contributed by atoms with E-state index in [-0.39, 0.29) is 11.7 Å². The number of nitrogen functional groups attached to an aromatic ring is 1. The maximum atomic E-state index is 13.2. The molecule has 1 aromatic carbocycles. The number of nitrogens with zero attached hydrogens (tertiary/aromatic N) is 1. The molecule has 2 aromatic rings. The minimum Gasteiger partial charge on any atom is -0.380 e. The van der Waals surface area contributed by atoms with Crippen LogP contribution in [0.15, 0.2) is 22.7 Å². The summed E-state index contributed by atoms with van der Waals surface area (Å²) in [5.41, 5.74) is 6.46. The maximum absolute atomic E-state index is 13.2. The number of halogens is 2. The van der Waals surface area contributed by atoms with Crippen molar-refractivity contribution in [1.29, 1.82) is 0 Å². The molecule has 0 spiro atoms. The summed E-state index contributed by atoms with van der Waals surface area (Å²) in [5.74, 6) is -0.627. The Morgan fingerprint density at radius 2 is 1.76 bits per heavy atom. The Morgan fingerprint density at radius 3 is 2.29 bits per heavy atom. The number of hydrogen-bond acceptors (Lipinski definition) is 3. The molecule has 1 aromatic heterocycles. The average molecular weight is 238 g/mol. The van der Waals surface area contributed by atoms with Crippen molar-refractivity contribution < 1.29 is 13.3 Å². The van der Waals surface area contributed by atoms with Gasteiger partial charge in [0.1, 0.15) is 17.4 Å². The summed E-state index contributed by atoms with van der Waals surface area (Å²) in [7, 11) is 0. The summed E-state index contributed by atoms with van der Waals surface area (Å²) in [6.07, 6.45) is 0. The van der Waals surface area contributed by atoms with E-state index in [0.29, 0.717) is 16.9 Å². The molecule has 0 aliphatic carbocycles. The second-order valence-electron chi connectivity index (χ2n) is 4.12. The fourth-order valence-electron chi connectivity index (χ4n) is 1.70. The van der Waals surface area contributed by atoms with Gasteiger partial charge in [-0.1, -0.05) is 19.0 Å². The molecule has 17 heavy (non-hydrogen) atoms. The molecule has 2 N–H and O–H groups in total. The lowest BCUT2D eigenvalue weighted by molar-refractivity contribution is 0.374. The summed E-state index contributed by atoms with van der Waals surface area (Å²) in [6, 6.07) is 3.22. The van der Waals surface area contributed by atoms with Crippen LogP contribution in [0.3, 0.4) is 0 Å². The van der Waals surface area contributed by atoms with Crippen LogP contribution in [0.2, 0.25) is 0 Å². The van der Waals surface area contributed by atoms with Crippen LogP contribution in [-0.2, 0) is 0 Å². The van der Waals surface area contributed by atoms with Crippen LogP contribution >= 0.6 is 0 Å². The van der Waals surface area contributed by atoms with Crippen molar-refractivity contribution >= 4 is 5.82 Å². The molecule has 0 atom stereocenters. The van der Waals surface area contributed by atoms with E-state index < -0.39 is 11.6 Å². The summed E-state index contributed by atoms with van der Waals surface area (Å²) in [4.78, 5) is 0. The van der Waals surface area contributed by atoms with Crippen molar-refractivity contribution in [2.24, 2.45) is 0 Å². The molecule has 0 amide bonds. The molecule has 5 heteroatoms. The van der Waals surface area contributed by atoms with Crippen molar-refractivity contribution in [3.8, 4) is 11.1 Å². The molecule has 0 saturated carbocycles. The zero-order valence-corrected chi connectivity index (χ0v) is 9.50. The highest BCUT2D eigenvalue weighted by Crippen LogP contribution is 2.34. The molecule has 1 heterocycles. The number of aromatic nitrogens is 1. The largest absolute Gasteiger partial charge is 0.380 e. The van der Waals surface area contributed by atoms with Gasteiger partial charge in [-0.3, -0.25) is 0 Å². The molecule has 2 rings (SSSR count). The monoisotopic (exact) mass is 238 g/mol. The third-order valence-corrected chi connectivity index (χ3v) is 2.42. The van der Waals surface area contributed by atoms with Crippen molar-refractivity contribution in [3.05, 3.63) is 35.6 Å². The van der Waals surface area contributed by atoms with E-state index in [0.717, 1.165) is 6.07 Å². The minimum atomic E-state index is -0.657. The van der Waals surface area contributed by atoms with E-state index in [1.807, 2.05) is 13.8 Å². The van der Waals surface area contributed by atoms with E-state index in [1.165, 1.54) is 12.1 Å². The van der Waals surface area contributed by atoms with Crippen molar-refractivity contribution in [1.82, 2.24) is 5.16 Å². The highest BCUT2D eigenvalue weighted by atomic mass is 19.1. The Kier molecular flexibility index (Phi) is 2.83. The predicted molar refractivity (Wildman–Crippen MR) is 60.4 cm³/mol. The van der Waals surface area contributed by atoms with Gasteiger partial charge in [-0.25, -0.2) is 8.78 Å². The van der Waals surface area contributed by atoms with Crippen LogP contribution in [0.5, 0.6) is 0 Å². The van der Waals surface area contributed by atoms with Gasteiger partial charge >= 0.3 is 0 Å². The SMILES string of the molecule is CC(C)c1onc(N)c1-c1cc(F)cc(F)c1. The summed E-state index contributed by atoms with van der Waals surface area (Å²) in [6.45, 7) is 3.78. The van der Waals surface area contributed by atoms with Gasteiger partial charge in [0.05, 0.1) is 5.56 Å². The van der Waals surface area contributed by atoms with E-state index in [1.54, 1.807) is 0 Å². The maximum Gasteiger partial charge on any atom is 0.175 e. The normalized spacial score (nSPS) is 11.1. The summed E-state index contributed by atoms with van der Waals surface area (Å²) in [5, 5.41) is 3.63.